The van der Waals surface area contributed by atoms with Crippen molar-refractivity contribution in [1.82, 2.24) is 14.9 Å². The van der Waals surface area contributed by atoms with Crippen molar-refractivity contribution in [2.24, 2.45) is 0 Å². The topological polar surface area (TPSA) is 29.9 Å². The van der Waals surface area contributed by atoms with Gasteiger partial charge >= 0.3 is 6.18 Å². The molecular formula is C12H18F3N3. The first-order valence-corrected chi connectivity index (χ1v) is 6.30. The number of aryl methyl sites for hydroxylation is 1. The zero-order chi connectivity index (χ0) is 13.2. The lowest BCUT2D eigenvalue weighted by Crippen LogP contribution is -2.25. The number of unbranched alkanes of at least 4 members (excludes halogenated alkanes) is 1. The molecule has 0 saturated carbocycles. The molecule has 0 unspecified atom stereocenters. The van der Waals surface area contributed by atoms with Crippen LogP contribution in [0.4, 0.5) is 13.2 Å². The van der Waals surface area contributed by atoms with Gasteiger partial charge in [0.25, 0.3) is 0 Å². The van der Waals surface area contributed by atoms with Gasteiger partial charge in [0.2, 0.25) is 0 Å². The van der Waals surface area contributed by atoms with Crippen LogP contribution >= 0.6 is 0 Å². The first-order chi connectivity index (χ1) is 8.47. The largest absolute Gasteiger partial charge is 0.389 e. The molecule has 102 valence electrons. The molecule has 0 atom stereocenters. The summed E-state index contributed by atoms with van der Waals surface area (Å²) in [4.78, 5) is 4.46. The summed E-state index contributed by atoms with van der Waals surface area (Å²) >= 11 is 0. The van der Waals surface area contributed by atoms with Gasteiger partial charge < -0.3 is 9.88 Å². The van der Waals surface area contributed by atoms with E-state index >= 15 is 0 Å². The van der Waals surface area contributed by atoms with Gasteiger partial charge in [-0.1, -0.05) is 0 Å². The first kappa shape index (κ1) is 13.4. The summed E-state index contributed by atoms with van der Waals surface area (Å²) in [6, 6.07) is 0. The number of nitrogens with one attached hydrogen (secondary N) is 1. The average Bonchev–Trinajstić information content (AvgIpc) is 2.59. The van der Waals surface area contributed by atoms with E-state index < -0.39 is 12.6 Å². The maximum atomic E-state index is 12.0. The minimum atomic E-state index is -4.03. The van der Waals surface area contributed by atoms with E-state index in [0.29, 0.717) is 13.0 Å². The fourth-order valence-corrected chi connectivity index (χ4v) is 2.40. The summed E-state index contributed by atoms with van der Waals surface area (Å²) in [5.74, 6) is 0.913. The van der Waals surface area contributed by atoms with Crippen molar-refractivity contribution in [3.8, 4) is 0 Å². The van der Waals surface area contributed by atoms with Crippen LogP contribution in [0.5, 0.6) is 0 Å². The van der Waals surface area contributed by atoms with Crippen LogP contribution in [0.15, 0.2) is 0 Å². The third kappa shape index (κ3) is 3.25. The Morgan fingerprint density at radius 2 is 2.11 bits per heavy atom. The molecule has 0 spiro atoms. The fraction of sp³-hybridized carbons (Fsp3) is 0.750. The highest BCUT2D eigenvalue weighted by Gasteiger charge is 2.26. The van der Waals surface area contributed by atoms with Crippen LogP contribution in [-0.2, 0) is 19.5 Å². The number of hydrogen-bond acceptors (Lipinski definition) is 2. The number of rotatable bonds is 4. The number of halogens is 3. The maximum Gasteiger partial charge on any atom is 0.389 e. The fourth-order valence-electron chi connectivity index (χ4n) is 2.40. The molecule has 0 saturated heterocycles. The SMILES string of the molecule is Cc1nc2c(n1CCCCC(F)(F)F)CCNC2. The molecule has 18 heavy (non-hydrogen) atoms. The van der Waals surface area contributed by atoms with Gasteiger partial charge in [0.05, 0.1) is 5.69 Å². The first-order valence-electron chi connectivity index (χ1n) is 6.30. The Labute approximate surface area is 104 Å². The highest BCUT2D eigenvalue weighted by molar-refractivity contribution is 5.19. The van der Waals surface area contributed by atoms with Crippen LogP contribution in [0, 0.1) is 6.92 Å². The van der Waals surface area contributed by atoms with Crippen molar-refractivity contribution in [1.29, 1.82) is 0 Å². The molecule has 0 amide bonds. The highest BCUT2D eigenvalue weighted by atomic mass is 19.4. The zero-order valence-electron chi connectivity index (χ0n) is 10.5. The quantitative estimate of drug-likeness (QED) is 0.844. The average molecular weight is 261 g/mol. The number of aromatic nitrogens is 2. The summed E-state index contributed by atoms with van der Waals surface area (Å²) in [6.07, 6.45) is -3.07. The molecule has 1 N–H and O–H groups in total. The Hall–Kier alpha value is -1.04. The molecule has 3 nitrogen and oxygen atoms in total. The molecule has 0 radical (unpaired) electrons. The lowest BCUT2D eigenvalue weighted by atomic mass is 10.1. The van der Waals surface area contributed by atoms with E-state index in [2.05, 4.69) is 14.9 Å². The van der Waals surface area contributed by atoms with E-state index in [0.717, 1.165) is 31.0 Å². The van der Waals surface area contributed by atoms with Gasteiger partial charge in [-0.2, -0.15) is 13.2 Å². The van der Waals surface area contributed by atoms with Gasteiger partial charge in [0, 0.05) is 38.2 Å². The molecular weight excluding hydrogens is 243 g/mol. The molecule has 1 aromatic rings. The summed E-state index contributed by atoms with van der Waals surface area (Å²) in [7, 11) is 0. The van der Waals surface area contributed by atoms with E-state index in [1.54, 1.807) is 0 Å². The molecule has 1 aliphatic rings. The minimum Gasteiger partial charge on any atom is -0.332 e. The Balaban J connectivity index is 1.91. The predicted octanol–water partition coefficient (Wildman–Crippen LogP) is 2.57. The van der Waals surface area contributed by atoms with E-state index in [-0.39, 0.29) is 6.42 Å². The zero-order valence-corrected chi connectivity index (χ0v) is 10.5. The van der Waals surface area contributed by atoms with Crippen LogP contribution in [0.3, 0.4) is 0 Å². The Kier molecular flexibility index (Phi) is 3.94. The van der Waals surface area contributed by atoms with E-state index in [4.69, 9.17) is 0 Å². The lowest BCUT2D eigenvalue weighted by Gasteiger charge is -2.16. The summed E-state index contributed by atoms with van der Waals surface area (Å²) in [5, 5.41) is 3.24. The second kappa shape index (κ2) is 5.30. The summed E-state index contributed by atoms with van der Waals surface area (Å²) in [6.45, 7) is 4.25. The molecule has 6 heteroatoms. The maximum absolute atomic E-state index is 12.0. The highest BCUT2D eigenvalue weighted by Crippen LogP contribution is 2.23. The van der Waals surface area contributed by atoms with Crippen molar-refractivity contribution in [2.75, 3.05) is 6.54 Å². The van der Waals surface area contributed by atoms with Gasteiger partial charge in [0.1, 0.15) is 5.82 Å². The van der Waals surface area contributed by atoms with E-state index in [1.807, 2.05) is 6.92 Å². The molecule has 2 rings (SSSR count). The van der Waals surface area contributed by atoms with Crippen LogP contribution in [0.2, 0.25) is 0 Å². The van der Waals surface area contributed by atoms with Crippen LogP contribution in [-0.4, -0.2) is 22.3 Å². The molecule has 1 aromatic heterocycles. The Morgan fingerprint density at radius 1 is 1.33 bits per heavy atom. The van der Waals surface area contributed by atoms with E-state index in [9.17, 15) is 13.2 Å². The molecule has 0 aliphatic carbocycles. The molecule has 0 bridgehead atoms. The molecule has 0 fully saturated rings. The normalized spacial score (nSPS) is 15.8. The molecule has 0 aromatic carbocycles. The van der Waals surface area contributed by atoms with Gasteiger partial charge in [-0.25, -0.2) is 4.98 Å². The standard InChI is InChI=1S/C12H18F3N3/c1-9-17-10-8-16-6-4-11(10)18(9)7-3-2-5-12(13,14)15/h16H,2-8H2,1H3. The van der Waals surface area contributed by atoms with Crippen molar-refractivity contribution in [3.05, 3.63) is 17.2 Å². The smallest absolute Gasteiger partial charge is 0.332 e. The van der Waals surface area contributed by atoms with Crippen molar-refractivity contribution >= 4 is 0 Å². The number of alkyl halides is 3. The van der Waals surface area contributed by atoms with Crippen molar-refractivity contribution < 1.29 is 13.2 Å². The van der Waals surface area contributed by atoms with Gasteiger partial charge in [-0.3, -0.25) is 0 Å². The van der Waals surface area contributed by atoms with Crippen molar-refractivity contribution in [3.63, 3.8) is 0 Å². The molecule has 2 heterocycles. The number of hydrogen-bond donors (Lipinski definition) is 1. The van der Waals surface area contributed by atoms with Crippen LogP contribution in [0.1, 0.15) is 36.5 Å². The summed E-state index contributed by atoms with van der Waals surface area (Å²) < 4.78 is 38.2. The summed E-state index contributed by atoms with van der Waals surface area (Å²) in [5.41, 5.74) is 2.24. The third-order valence-corrected chi connectivity index (χ3v) is 3.27. The Bertz CT molecular complexity index is 409. The van der Waals surface area contributed by atoms with Crippen molar-refractivity contribution in [2.45, 2.75) is 51.9 Å². The number of fused-ring (bicyclic) bond motifs is 1. The van der Waals surface area contributed by atoms with Gasteiger partial charge in [-0.15, -0.1) is 0 Å². The predicted molar refractivity (Wildman–Crippen MR) is 62.3 cm³/mol. The number of imidazole rings is 1. The molecule has 1 aliphatic heterocycles. The van der Waals surface area contributed by atoms with E-state index in [1.165, 1.54) is 5.69 Å². The monoisotopic (exact) mass is 261 g/mol. The second-order valence-corrected chi connectivity index (χ2v) is 4.70. The number of nitrogens with zero attached hydrogens (tertiary/aromatic N) is 2. The lowest BCUT2D eigenvalue weighted by molar-refractivity contribution is -0.135. The minimum absolute atomic E-state index is 0.189. The Morgan fingerprint density at radius 3 is 2.83 bits per heavy atom. The van der Waals surface area contributed by atoms with Crippen LogP contribution in [0.25, 0.3) is 0 Å². The third-order valence-electron chi connectivity index (χ3n) is 3.27. The second-order valence-electron chi connectivity index (χ2n) is 4.70. The van der Waals surface area contributed by atoms with Gasteiger partial charge in [0.15, 0.2) is 0 Å². The van der Waals surface area contributed by atoms with Crippen LogP contribution < -0.4 is 5.32 Å². The van der Waals surface area contributed by atoms with Gasteiger partial charge in [-0.05, 0) is 19.8 Å².